The van der Waals surface area contributed by atoms with E-state index in [-0.39, 0.29) is 17.7 Å². The van der Waals surface area contributed by atoms with Gasteiger partial charge >= 0.3 is 0 Å². The normalized spacial score (nSPS) is 16.4. The van der Waals surface area contributed by atoms with E-state index in [2.05, 4.69) is 16.3 Å². The van der Waals surface area contributed by atoms with Crippen LogP contribution in [0.3, 0.4) is 0 Å². The van der Waals surface area contributed by atoms with Gasteiger partial charge in [-0.2, -0.15) is 0 Å². The van der Waals surface area contributed by atoms with Crippen LogP contribution in [0.5, 0.6) is 0 Å². The molecule has 4 rings (SSSR count). The summed E-state index contributed by atoms with van der Waals surface area (Å²) >= 11 is 0. The Morgan fingerprint density at radius 2 is 1.83 bits per heavy atom. The summed E-state index contributed by atoms with van der Waals surface area (Å²) in [5.74, 6) is -0.0272. The predicted molar refractivity (Wildman–Crippen MR) is 115 cm³/mol. The highest BCUT2D eigenvalue weighted by molar-refractivity contribution is 6.11. The lowest BCUT2D eigenvalue weighted by molar-refractivity contribution is -0.119. The summed E-state index contributed by atoms with van der Waals surface area (Å²) < 4.78 is 5.42. The second kappa shape index (κ2) is 8.25. The zero-order valence-corrected chi connectivity index (χ0v) is 17.0. The molecule has 6 heteroatoms. The second-order valence-corrected chi connectivity index (χ2v) is 7.74. The fraction of sp³-hybridized carbons (Fsp3) is 0.391. The molecule has 0 spiro atoms. The molecule has 2 fully saturated rings. The Balaban J connectivity index is 1.51. The Morgan fingerprint density at radius 3 is 2.52 bits per heavy atom. The topological polar surface area (TPSA) is 61.9 Å². The van der Waals surface area contributed by atoms with Crippen molar-refractivity contribution in [2.24, 2.45) is 5.92 Å². The van der Waals surface area contributed by atoms with Crippen LogP contribution in [-0.4, -0.2) is 45.2 Å². The maximum atomic E-state index is 13.0. The number of carbonyl (C=O) groups excluding carboxylic acids is 2. The van der Waals surface area contributed by atoms with Crippen molar-refractivity contribution in [3.05, 3.63) is 53.6 Å². The minimum Gasteiger partial charge on any atom is -0.378 e. The van der Waals surface area contributed by atoms with Gasteiger partial charge in [0.15, 0.2) is 0 Å². The van der Waals surface area contributed by atoms with Crippen molar-refractivity contribution in [2.75, 3.05) is 48.5 Å². The number of hydrogen-bond acceptors (Lipinski definition) is 4. The number of amides is 2. The molecular formula is C23H27N3O3. The fourth-order valence-corrected chi connectivity index (χ4v) is 3.68. The van der Waals surface area contributed by atoms with Gasteiger partial charge in [-0.3, -0.25) is 9.59 Å². The largest absolute Gasteiger partial charge is 0.378 e. The monoisotopic (exact) mass is 393 g/mol. The predicted octanol–water partition coefficient (Wildman–Crippen LogP) is 3.46. The Kier molecular flexibility index (Phi) is 5.53. The van der Waals surface area contributed by atoms with E-state index in [9.17, 15) is 9.59 Å². The van der Waals surface area contributed by atoms with E-state index in [0.717, 1.165) is 56.1 Å². The van der Waals surface area contributed by atoms with Gasteiger partial charge in [0.2, 0.25) is 5.91 Å². The van der Waals surface area contributed by atoms with Gasteiger partial charge in [-0.1, -0.05) is 12.1 Å². The average molecular weight is 393 g/mol. The van der Waals surface area contributed by atoms with Gasteiger partial charge in [-0.05, 0) is 55.7 Å². The van der Waals surface area contributed by atoms with Crippen molar-refractivity contribution in [2.45, 2.75) is 19.8 Å². The van der Waals surface area contributed by atoms with Crippen LogP contribution < -0.4 is 15.1 Å². The third kappa shape index (κ3) is 4.27. The molecule has 29 heavy (non-hydrogen) atoms. The molecule has 2 aliphatic rings. The van der Waals surface area contributed by atoms with Gasteiger partial charge in [-0.15, -0.1) is 0 Å². The molecule has 1 N–H and O–H groups in total. The standard InChI is InChI=1S/C23H27N3O3/c1-16-15-18(26-11-13-29-14-12-26)9-10-20(16)24-22(27)19-5-3-4-6-21(19)25(2)23(28)17-7-8-17/h3-6,9-10,15,17H,7-8,11-14H2,1-2H3,(H,24,27). The van der Waals surface area contributed by atoms with Gasteiger partial charge in [0.25, 0.3) is 5.91 Å². The second-order valence-electron chi connectivity index (χ2n) is 7.74. The summed E-state index contributed by atoms with van der Waals surface area (Å²) in [5, 5.41) is 3.02. The number of carbonyl (C=O) groups is 2. The smallest absolute Gasteiger partial charge is 0.257 e. The molecule has 0 unspecified atom stereocenters. The number of aryl methyl sites for hydroxylation is 1. The average Bonchev–Trinajstić information content (AvgIpc) is 3.60. The third-order valence-electron chi connectivity index (χ3n) is 5.60. The van der Waals surface area contributed by atoms with Gasteiger partial charge in [0, 0.05) is 37.4 Å². The minimum atomic E-state index is -0.210. The van der Waals surface area contributed by atoms with E-state index in [1.54, 1.807) is 18.0 Å². The molecule has 6 nitrogen and oxygen atoms in total. The lowest BCUT2D eigenvalue weighted by atomic mass is 10.1. The van der Waals surface area contributed by atoms with Crippen LogP contribution in [0, 0.1) is 12.8 Å². The molecule has 152 valence electrons. The molecule has 2 amide bonds. The van der Waals surface area contributed by atoms with E-state index < -0.39 is 0 Å². The molecule has 0 atom stereocenters. The van der Waals surface area contributed by atoms with Crippen LogP contribution in [-0.2, 0) is 9.53 Å². The van der Waals surface area contributed by atoms with Crippen molar-refractivity contribution in [3.8, 4) is 0 Å². The number of anilines is 3. The van der Waals surface area contributed by atoms with Crippen molar-refractivity contribution in [1.82, 2.24) is 0 Å². The molecule has 0 bridgehead atoms. The van der Waals surface area contributed by atoms with Crippen molar-refractivity contribution in [1.29, 1.82) is 0 Å². The van der Waals surface area contributed by atoms with E-state index in [1.165, 1.54) is 0 Å². The Labute approximate surface area is 171 Å². The molecule has 2 aromatic carbocycles. The summed E-state index contributed by atoms with van der Waals surface area (Å²) in [6.45, 7) is 5.22. The van der Waals surface area contributed by atoms with Crippen LogP contribution in [0.1, 0.15) is 28.8 Å². The molecular weight excluding hydrogens is 366 g/mol. The summed E-state index contributed by atoms with van der Waals surface area (Å²) in [6.07, 6.45) is 1.87. The highest BCUT2D eigenvalue weighted by Crippen LogP contribution is 2.33. The fourth-order valence-electron chi connectivity index (χ4n) is 3.68. The number of nitrogens with one attached hydrogen (secondary N) is 1. The molecule has 1 aliphatic carbocycles. The summed E-state index contributed by atoms with van der Waals surface area (Å²) in [5.41, 5.74) is 4.06. The molecule has 0 radical (unpaired) electrons. The van der Waals surface area contributed by atoms with Gasteiger partial charge < -0.3 is 19.9 Å². The van der Waals surface area contributed by atoms with Crippen LogP contribution in [0.4, 0.5) is 17.1 Å². The zero-order chi connectivity index (χ0) is 20.4. The first-order valence-corrected chi connectivity index (χ1v) is 10.2. The number of hydrogen-bond donors (Lipinski definition) is 1. The van der Waals surface area contributed by atoms with E-state index in [4.69, 9.17) is 4.74 Å². The zero-order valence-electron chi connectivity index (χ0n) is 17.0. The van der Waals surface area contributed by atoms with Crippen LogP contribution in [0.2, 0.25) is 0 Å². The summed E-state index contributed by atoms with van der Waals surface area (Å²) in [4.78, 5) is 29.4. The highest BCUT2D eigenvalue weighted by Gasteiger charge is 2.33. The summed E-state index contributed by atoms with van der Waals surface area (Å²) in [7, 11) is 1.75. The first-order valence-electron chi connectivity index (χ1n) is 10.2. The van der Waals surface area contributed by atoms with Gasteiger partial charge in [0.05, 0.1) is 24.5 Å². The number of para-hydroxylation sites is 1. The van der Waals surface area contributed by atoms with E-state index in [0.29, 0.717) is 11.3 Å². The first-order chi connectivity index (χ1) is 14.0. The Hall–Kier alpha value is -2.86. The molecule has 2 aromatic rings. The van der Waals surface area contributed by atoms with Crippen molar-refractivity contribution in [3.63, 3.8) is 0 Å². The minimum absolute atomic E-state index is 0.0799. The molecule has 1 saturated heterocycles. The molecule has 0 aromatic heterocycles. The third-order valence-corrected chi connectivity index (χ3v) is 5.60. The molecule has 1 saturated carbocycles. The SMILES string of the molecule is Cc1cc(N2CCOCC2)ccc1NC(=O)c1ccccc1N(C)C(=O)C1CC1. The quantitative estimate of drug-likeness (QED) is 0.845. The van der Waals surface area contributed by atoms with Crippen molar-refractivity contribution >= 4 is 28.9 Å². The number of morpholine rings is 1. The first kappa shape index (κ1) is 19.5. The Morgan fingerprint density at radius 1 is 1.10 bits per heavy atom. The van der Waals surface area contributed by atoms with Crippen molar-refractivity contribution < 1.29 is 14.3 Å². The summed E-state index contributed by atoms with van der Waals surface area (Å²) in [6, 6.07) is 13.3. The maximum Gasteiger partial charge on any atom is 0.257 e. The van der Waals surface area contributed by atoms with Crippen LogP contribution in [0.15, 0.2) is 42.5 Å². The lowest BCUT2D eigenvalue weighted by Crippen LogP contribution is -2.36. The van der Waals surface area contributed by atoms with E-state index in [1.807, 2.05) is 37.3 Å². The highest BCUT2D eigenvalue weighted by atomic mass is 16.5. The number of rotatable bonds is 5. The molecule has 1 heterocycles. The van der Waals surface area contributed by atoms with Gasteiger partial charge in [0.1, 0.15) is 0 Å². The lowest BCUT2D eigenvalue weighted by Gasteiger charge is -2.29. The Bertz CT molecular complexity index is 917. The molecule has 1 aliphatic heterocycles. The van der Waals surface area contributed by atoms with E-state index >= 15 is 0 Å². The maximum absolute atomic E-state index is 13.0. The van der Waals surface area contributed by atoms with Crippen LogP contribution in [0.25, 0.3) is 0 Å². The number of benzene rings is 2. The van der Waals surface area contributed by atoms with Crippen LogP contribution >= 0.6 is 0 Å². The number of nitrogens with zero attached hydrogens (tertiary/aromatic N) is 2. The number of ether oxygens (including phenoxy) is 1. The van der Waals surface area contributed by atoms with Gasteiger partial charge in [-0.25, -0.2) is 0 Å².